The number of rotatable bonds is 1. The molecule has 0 aromatic rings. The van der Waals surface area contributed by atoms with Crippen LogP contribution in [-0.4, -0.2) is 12.6 Å². The molecule has 2 rings (SSSR count). The molecule has 0 spiro atoms. The van der Waals surface area contributed by atoms with Gasteiger partial charge < -0.3 is 5.32 Å². The summed E-state index contributed by atoms with van der Waals surface area (Å²) in [5, 5.41) is 3.50. The van der Waals surface area contributed by atoms with Crippen LogP contribution in [0.3, 0.4) is 0 Å². The van der Waals surface area contributed by atoms with E-state index in [1.807, 2.05) is 0 Å². The van der Waals surface area contributed by atoms with Crippen LogP contribution in [0.25, 0.3) is 0 Å². The number of hydrogen-bond acceptors (Lipinski definition) is 1. The van der Waals surface area contributed by atoms with Crippen molar-refractivity contribution < 1.29 is 0 Å². The number of hydrogen-bond donors (Lipinski definition) is 1. The highest BCUT2D eigenvalue weighted by atomic mass is 15.0. The van der Waals surface area contributed by atoms with Gasteiger partial charge in [-0.1, -0.05) is 13.8 Å². The molecule has 1 heteroatoms. The summed E-state index contributed by atoms with van der Waals surface area (Å²) in [6.07, 6.45) is 2.95. The molecule has 0 aromatic carbocycles. The van der Waals surface area contributed by atoms with Gasteiger partial charge in [-0.2, -0.15) is 0 Å². The van der Waals surface area contributed by atoms with Crippen molar-refractivity contribution in [3.63, 3.8) is 0 Å². The molecule has 9 heavy (non-hydrogen) atoms. The molecular weight excluding hydrogens is 110 g/mol. The summed E-state index contributed by atoms with van der Waals surface area (Å²) < 4.78 is 0. The standard InChI is InChI=1S/C8H15N/c1-8(2)5-9-7(8)6-3-4-6/h6-7,9H,3-5H2,1-2H3. The lowest BCUT2D eigenvalue weighted by molar-refractivity contribution is 0.108. The van der Waals surface area contributed by atoms with Gasteiger partial charge in [-0.25, -0.2) is 0 Å². The van der Waals surface area contributed by atoms with Crippen molar-refractivity contribution in [1.29, 1.82) is 0 Å². The Bertz CT molecular complexity index is 125. The zero-order valence-electron chi connectivity index (χ0n) is 6.28. The summed E-state index contributed by atoms with van der Waals surface area (Å²) in [4.78, 5) is 0. The summed E-state index contributed by atoms with van der Waals surface area (Å²) >= 11 is 0. The molecule has 52 valence electrons. The van der Waals surface area contributed by atoms with Crippen LogP contribution in [0.4, 0.5) is 0 Å². The van der Waals surface area contributed by atoms with E-state index in [1.54, 1.807) is 0 Å². The molecule has 1 saturated carbocycles. The first-order valence-corrected chi connectivity index (χ1v) is 3.93. The molecular formula is C8H15N. The van der Waals surface area contributed by atoms with E-state index in [4.69, 9.17) is 0 Å². The van der Waals surface area contributed by atoms with Crippen molar-refractivity contribution in [2.24, 2.45) is 11.3 Å². The van der Waals surface area contributed by atoms with Crippen molar-refractivity contribution in [3.8, 4) is 0 Å². The molecule has 0 bridgehead atoms. The fourth-order valence-electron chi connectivity index (χ4n) is 1.86. The monoisotopic (exact) mass is 125 g/mol. The molecule has 1 atom stereocenters. The third-order valence-corrected chi connectivity index (χ3v) is 2.71. The molecule has 1 nitrogen and oxygen atoms in total. The van der Waals surface area contributed by atoms with Gasteiger partial charge in [0.15, 0.2) is 0 Å². The Morgan fingerprint density at radius 2 is 2.00 bits per heavy atom. The van der Waals surface area contributed by atoms with Crippen LogP contribution < -0.4 is 5.32 Å². The molecule has 2 aliphatic rings. The molecule has 0 aromatic heterocycles. The third-order valence-electron chi connectivity index (χ3n) is 2.71. The van der Waals surface area contributed by atoms with Gasteiger partial charge >= 0.3 is 0 Å². The Morgan fingerprint density at radius 1 is 1.33 bits per heavy atom. The van der Waals surface area contributed by atoms with Crippen LogP contribution in [0.1, 0.15) is 26.7 Å². The lowest BCUT2D eigenvalue weighted by Crippen LogP contribution is -2.60. The van der Waals surface area contributed by atoms with Crippen molar-refractivity contribution >= 4 is 0 Å². The van der Waals surface area contributed by atoms with E-state index in [0.29, 0.717) is 5.41 Å². The summed E-state index contributed by atoms with van der Waals surface area (Å²) in [7, 11) is 0. The van der Waals surface area contributed by atoms with E-state index in [0.717, 1.165) is 12.0 Å². The van der Waals surface area contributed by atoms with Crippen LogP contribution in [0.2, 0.25) is 0 Å². The van der Waals surface area contributed by atoms with Crippen LogP contribution in [0, 0.1) is 11.3 Å². The predicted molar refractivity (Wildman–Crippen MR) is 38.3 cm³/mol. The van der Waals surface area contributed by atoms with Gasteiger partial charge in [-0.3, -0.25) is 0 Å². The van der Waals surface area contributed by atoms with E-state index < -0.39 is 0 Å². The van der Waals surface area contributed by atoms with Gasteiger partial charge in [0.25, 0.3) is 0 Å². The van der Waals surface area contributed by atoms with Gasteiger partial charge in [-0.15, -0.1) is 0 Å². The van der Waals surface area contributed by atoms with Gasteiger partial charge in [-0.05, 0) is 24.2 Å². The van der Waals surface area contributed by atoms with Crippen LogP contribution in [0.5, 0.6) is 0 Å². The van der Waals surface area contributed by atoms with E-state index in [9.17, 15) is 0 Å². The number of nitrogens with one attached hydrogen (secondary N) is 1. The second-order valence-electron chi connectivity index (χ2n) is 4.18. The average Bonchev–Trinajstić information content (AvgIpc) is 2.48. The van der Waals surface area contributed by atoms with E-state index in [2.05, 4.69) is 19.2 Å². The topological polar surface area (TPSA) is 12.0 Å². The first-order valence-electron chi connectivity index (χ1n) is 3.93. The van der Waals surface area contributed by atoms with E-state index in [1.165, 1.54) is 19.4 Å². The average molecular weight is 125 g/mol. The van der Waals surface area contributed by atoms with Crippen molar-refractivity contribution in [1.82, 2.24) is 5.32 Å². The zero-order chi connectivity index (χ0) is 6.48. The Balaban J connectivity index is 1.98. The zero-order valence-corrected chi connectivity index (χ0v) is 6.28. The Hall–Kier alpha value is -0.0400. The molecule has 1 unspecified atom stereocenters. The van der Waals surface area contributed by atoms with Crippen molar-refractivity contribution in [3.05, 3.63) is 0 Å². The maximum Gasteiger partial charge on any atom is 0.0159 e. The van der Waals surface area contributed by atoms with Crippen LogP contribution >= 0.6 is 0 Å². The highest BCUT2D eigenvalue weighted by Crippen LogP contribution is 2.44. The predicted octanol–water partition coefficient (Wildman–Crippen LogP) is 1.39. The summed E-state index contributed by atoms with van der Waals surface area (Å²) in [6, 6.07) is 0.859. The van der Waals surface area contributed by atoms with Gasteiger partial charge in [0.1, 0.15) is 0 Å². The normalized spacial score (nSPS) is 40.0. The van der Waals surface area contributed by atoms with Gasteiger partial charge in [0, 0.05) is 12.6 Å². The smallest absolute Gasteiger partial charge is 0.0159 e. The second kappa shape index (κ2) is 1.51. The highest BCUT2D eigenvalue weighted by molar-refractivity contribution is 5.03. The third kappa shape index (κ3) is 0.787. The molecule has 1 aliphatic carbocycles. The van der Waals surface area contributed by atoms with E-state index >= 15 is 0 Å². The maximum absolute atomic E-state index is 3.50. The minimum absolute atomic E-state index is 0.612. The lowest BCUT2D eigenvalue weighted by atomic mass is 9.75. The van der Waals surface area contributed by atoms with Crippen LogP contribution in [0.15, 0.2) is 0 Å². The van der Waals surface area contributed by atoms with Gasteiger partial charge in [0.2, 0.25) is 0 Å². The maximum atomic E-state index is 3.50. The highest BCUT2D eigenvalue weighted by Gasteiger charge is 2.46. The molecule has 1 heterocycles. The largest absolute Gasteiger partial charge is 0.313 e. The minimum atomic E-state index is 0.612. The Kier molecular flexibility index (Phi) is 0.963. The molecule has 0 radical (unpaired) electrons. The fraction of sp³-hybridized carbons (Fsp3) is 1.00. The van der Waals surface area contributed by atoms with Crippen molar-refractivity contribution in [2.45, 2.75) is 32.7 Å². The Morgan fingerprint density at radius 3 is 2.11 bits per heavy atom. The quantitative estimate of drug-likeness (QED) is 0.558. The molecule has 1 saturated heterocycles. The van der Waals surface area contributed by atoms with Gasteiger partial charge in [0.05, 0.1) is 0 Å². The molecule has 1 aliphatic heterocycles. The molecule has 1 N–H and O–H groups in total. The minimum Gasteiger partial charge on any atom is -0.313 e. The Labute approximate surface area is 56.8 Å². The SMILES string of the molecule is CC1(C)CNC1C1CC1. The molecule has 2 fully saturated rings. The van der Waals surface area contributed by atoms with Crippen molar-refractivity contribution in [2.75, 3.05) is 6.54 Å². The first kappa shape index (κ1) is 5.72. The first-order chi connectivity index (χ1) is 4.20. The fourth-order valence-corrected chi connectivity index (χ4v) is 1.86. The van der Waals surface area contributed by atoms with E-state index in [-0.39, 0.29) is 0 Å². The van der Waals surface area contributed by atoms with Crippen LogP contribution in [-0.2, 0) is 0 Å². The lowest BCUT2D eigenvalue weighted by Gasteiger charge is -2.46. The summed E-state index contributed by atoms with van der Waals surface area (Å²) in [5.74, 6) is 1.04. The summed E-state index contributed by atoms with van der Waals surface area (Å²) in [5.41, 5.74) is 0.612. The summed E-state index contributed by atoms with van der Waals surface area (Å²) in [6.45, 7) is 5.97. The molecule has 0 amide bonds. The second-order valence-corrected chi connectivity index (χ2v) is 4.18.